The van der Waals surface area contributed by atoms with Gasteiger partial charge in [-0.3, -0.25) is 4.79 Å². The fourth-order valence-electron chi connectivity index (χ4n) is 2.58. The monoisotopic (exact) mass is 299 g/mol. The van der Waals surface area contributed by atoms with Crippen molar-refractivity contribution in [3.05, 3.63) is 11.6 Å². The number of ketones is 1. The van der Waals surface area contributed by atoms with Crippen molar-refractivity contribution >= 4 is 16.8 Å². The van der Waals surface area contributed by atoms with Gasteiger partial charge in [-0.2, -0.15) is 0 Å². The molecule has 0 fully saturated rings. The highest BCUT2D eigenvalue weighted by Gasteiger charge is 2.36. The first kappa shape index (κ1) is 17.6. The maximum atomic E-state index is 12.6. The molecule has 1 rings (SSSR count). The summed E-state index contributed by atoms with van der Waals surface area (Å²) in [6.45, 7) is 10.4. The smallest absolute Gasteiger partial charge is 0.157 e. The largest absolute Gasteiger partial charge is 0.295 e. The lowest BCUT2D eigenvalue weighted by molar-refractivity contribution is -0.113. The Morgan fingerprint density at radius 2 is 2.00 bits per heavy atom. The third kappa shape index (κ3) is 4.52. The van der Waals surface area contributed by atoms with Gasteiger partial charge in [0.1, 0.15) is 11.0 Å². The molecule has 0 spiro atoms. The van der Waals surface area contributed by atoms with Gasteiger partial charge in [0.15, 0.2) is 5.78 Å². The summed E-state index contributed by atoms with van der Waals surface area (Å²) in [4.78, 5) is 11.8. The van der Waals surface area contributed by atoms with Crippen LogP contribution in [0, 0.1) is 0 Å². The second-order valence-corrected chi connectivity index (χ2v) is 8.73. The summed E-state index contributed by atoms with van der Waals surface area (Å²) >= 11 is 0. The number of Topliss-reactive ketones (excluding diaryl/α,β-unsaturated/α-hetero) is 1. The van der Waals surface area contributed by atoms with E-state index < -0.39 is 11.0 Å². The normalized spacial score (nSPS) is 21.9. The van der Waals surface area contributed by atoms with Gasteiger partial charge in [-0.15, -0.1) is 0 Å². The molecule has 0 radical (unpaired) electrons. The average molecular weight is 299 g/mol. The van der Waals surface area contributed by atoms with Crippen LogP contribution in [0.5, 0.6) is 0 Å². The highest BCUT2D eigenvalue weighted by Crippen LogP contribution is 2.29. The number of hydrogen-bond donors (Lipinski definition) is 0. The van der Waals surface area contributed by atoms with Gasteiger partial charge in [-0.05, 0) is 34.1 Å². The molecule has 4 heteroatoms. The third-order valence-corrected chi connectivity index (χ3v) is 5.55. The molecular weight excluding hydrogens is 270 g/mol. The SMILES string of the molecule is CCCCCC[C@@H]1C(C(C)=O)=CCN1[S@@](=O)C(C)(C)C. The molecule has 0 unspecified atom stereocenters. The summed E-state index contributed by atoms with van der Waals surface area (Å²) in [5, 5.41) is 0. The Kier molecular flexibility index (Phi) is 6.59. The van der Waals surface area contributed by atoms with Gasteiger partial charge in [0.25, 0.3) is 0 Å². The molecule has 1 heterocycles. The van der Waals surface area contributed by atoms with Crippen LogP contribution in [-0.2, 0) is 15.8 Å². The molecule has 0 aromatic rings. The van der Waals surface area contributed by atoms with Crippen LogP contribution in [0.3, 0.4) is 0 Å². The van der Waals surface area contributed by atoms with Gasteiger partial charge in [-0.1, -0.05) is 38.7 Å². The van der Waals surface area contributed by atoms with Crippen molar-refractivity contribution in [1.82, 2.24) is 4.31 Å². The molecule has 0 N–H and O–H groups in total. The van der Waals surface area contributed by atoms with Crippen molar-refractivity contribution in [1.29, 1.82) is 0 Å². The molecule has 3 nitrogen and oxygen atoms in total. The Hall–Kier alpha value is -0.480. The lowest BCUT2D eigenvalue weighted by atomic mass is 10.00. The Bertz CT molecular complexity index is 396. The fourth-order valence-corrected chi connectivity index (χ4v) is 3.95. The van der Waals surface area contributed by atoms with E-state index in [4.69, 9.17) is 0 Å². The summed E-state index contributed by atoms with van der Waals surface area (Å²) in [7, 11) is -1.06. The zero-order valence-electron chi connectivity index (χ0n) is 13.6. The molecule has 1 aliphatic rings. The van der Waals surface area contributed by atoms with E-state index in [9.17, 15) is 9.00 Å². The van der Waals surface area contributed by atoms with Crippen LogP contribution >= 0.6 is 0 Å². The van der Waals surface area contributed by atoms with Crippen LogP contribution in [0.15, 0.2) is 11.6 Å². The number of nitrogens with zero attached hydrogens (tertiary/aromatic N) is 1. The lowest BCUT2D eigenvalue weighted by Crippen LogP contribution is -2.42. The third-order valence-electron chi connectivity index (χ3n) is 3.67. The molecule has 2 atom stereocenters. The molecule has 0 saturated heterocycles. The minimum Gasteiger partial charge on any atom is -0.295 e. The average Bonchev–Trinajstić information content (AvgIpc) is 2.76. The van der Waals surface area contributed by atoms with Gasteiger partial charge < -0.3 is 0 Å². The molecule has 20 heavy (non-hydrogen) atoms. The number of hydrogen-bond acceptors (Lipinski definition) is 2. The first-order valence-corrected chi connectivity index (χ1v) is 8.79. The van der Waals surface area contributed by atoms with Gasteiger partial charge in [0.2, 0.25) is 0 Å². The summed E-state index contributed by atoms with van der Waals surface area (Å²) in [5.41, 5.74) is 0.860. The minimum atomic E-state index is -1.06. The first-order chi connectivity index (χ1) is 9.29. The van der Waals surface area contributed by atoms with Crippen LogP contribution in [0.1, 0.15) is 66.7 Å². The minimum absolute atomic E-state index is 0.0458. The standard InChI is InChI=1S/C16H29NO2S/c1-6-7-8-9-10-15-14(13(2)18)11-12-17(15)20(19)16(3,4)5/h11,15H,6-10,12H2,1-5H3/t15-,20+/m1/s1. The molecule has 0 aromatic carbocycles. The van der Waals surface area contributed by atoms with Crippen molar-refractivity contribution in [2.24, 2.45) is 0 Å². The quantitative estimate of drug-likeness (QED) is 0.673. The zero-order valence-corrected chi connectivity index (χ0v) is 14.4. The van der Waals surface area contributed by atoms with E-state index in [2.05, 4.69) is 6.92 Å². The Morgan fingerprint density at radius 1 is 1.35 bits per heavy atom. The van der Waals surface area contributed by atoms with E-state index in [1.165, 1.54) is 19.3 Å². The van der Waals surface area contributed by atoms with Crippen LogP contribution in [0.2, 0.25) is 0 Å². The molecule has 0 amide bonds. The van der Waals surface area contributed by atoms with E-state index in [1.54, 1.807) is 6.92 Å². The van der Waals surface area contributed by atoms with Crippen molar-refractivity contribution in [2.75, 3.05) is 6.54 Å². The topological polar surface area (TPSA) is 37.4 Å². The maximum Gasteiger partial charge on any atom is 0.157 e. The summed E-state index contributed by atoms with van der Waals surface area (Å²) < 4.78 is 14.4. The van der Waals surface area contributed by atoms with Crippen molar-refractivity contribution in [3.63, 3.8) is 0 Å². The van der Waals surface area contributed by atoms with Gasteiger partial charge >= 0.3 is 0 Å². The predicted octanol–water partition coefficient (Wildman–Crippen LogP) is 3.62. The highest BCUT2D eigenvalue weighted by molar-refractivity contribution is 7.84. The Balaban J connectivity index is 2.75. The van der Waals surface area contributed by atoms with E-state index in [1.807, 2.05) is 31.2 Å². The predicted molar refractivity (Wildman–Crippen MR) is 85.9 cm³/mol. The van der Waals surface area contributed by atoms with E-state index in [-0.39, 0.29) is 16.6 Å². The molecular formula is C16H29NO2S. The molecule has 0 bridgehead atoms. The summed E-state index contributed by atoms with van der Waals surface area (Å²) in [5.74, 6) is 0.124. The van der Waals surface area contributed by atoms with Gasteiger partial charge in [0.05, 0.1) is 10.8 Å². The van der Waals surface area contributed by atoms with Crippen molar-refractivity contribution in [2.45, 2.75) is 77.5 Å². The van der Waals surface area contributed by atoms with Crippen LogP contribution in [0.4, 0.5) is 0 Å². The summed E-state index contributed by atoms with van der Waals surface area (Å²) in [6, 6.07) is 0.0458. The number of carbonyl (C=O) groups is 1. The van der Waals surface area contributed by atoms with E-state index >= 15 is 0 Å². The number of rotatable bonds is 7. The zero-order chi connectivity index (χ0) is 15.3. The number of unbranched alkanes of at least 4 members (excludes halogenated alkanes) is 3. The Morgan fingerprint density at radius 3 is 2.50 bits per heavy atom. The number of carbonyl (C=O) groups excluding carboxylic acids is 1. The van der Waals surface area contributed by atoms with E-state index in [0.717, 1.165) is 18.4 Å². The molecule has 0 aliphatic carbocycles. The molecule has 1 aliphatic heterocycles. The van der Waals surface area contributed by atoms with Crippen LogP contribution < -0.4 is 0 Å². The molecule has 116 valence electrons. The van der Waals surface area contributed by atoms with E-state index in [0.29, 0.717) is 6.54 Å². The molecule has 0 saturated carbocycles. The Labute approximate surface area is 126 Å². The van der Waals surface area contributed by atoms with Crippen molar-refractivity contribution < 1.29 is 9.00 Å². The highest BCUT2D eigenvalue weighted by atomic mass is 32.2. The molecule has 0 aromatic heterocycles. The first-order valence-electron chi connectivity index (χ1n) is 7.68. The second kappa shape index (κ2) is 7.51. The summed E-state index contributed by atoms with van der Waals surface area (Å²) in [6.07, 6.45) is 7.63. The van der Waals surface area contributed by atoms with Gasteiger partial charge in [0, 0.05) is 12.1 Å². The lowest BCUT2D eigenvalue weighted by Gasteiger charge is -2.31. The van der Waals surface area contributed by atoms with Crippen LogP contribution in [0.25, 0.3) is 0 Å². The van der Waals surface area contributed by atoms with Crippen molar-refractivity contribution in [3.8, 4) is 0 Å². The maximum absolute atomic E-state index is 12.6. The van der Waals surface area contributed by atoms with Gasteiger partial charge in [-0.25, -0.2) is 8.51 Å². The second-order valence-electron chi connectivity index (χ2n) is 6.54. The van der Waals surface area contributed by atoms with Crippen LogP contribution in [-0.4, -0.2) is 31.6 Å². The fraction of sp³-hybridized carbons (Fsp3) is 0.812.